The van der Waals surface area contributed by atoms with Gasteiger partial charge in [-0.3, -0.25) is 14.3 Å². The molecule has 25 heavy (non-hydrogen) atoms. The molecule has 1 N–H and O–H groups in total. The molecule has 1 unspecified atom stereocenters. The number of nitrogens with zero attached hydrogens (tertiary/aromatic N) is 4. The van der Waals surface area contributed by atoms with E-state index >= 15 is 0 Å². The number of hydrogen-bond acceptors (Lipinski definition) is 4. The predicted molar refractivity (Wildman–Crippen MR) is 92.3 cm³/mol. The lowest BCUT2D eigenvalue weighted by Crippen LogP contribution is -2.52. The first-order valence-electron chi connectivity index (χ1n) is 8.75. The van der Waals surface area contributed by atoms with Gasteiger partial charge in [0.05, 0.1) is 12.5 Å². The Bertz CT molecular complexity index is 730. The third kappa shape index (κ3) is 3.29. The quantitative estimate of drug-likeness (QED) is 0.908. The first kappa shape index (κ1) is 16.2. The summed E-state index contributed by atoms with van der Waals surface area (Å²) in [5, 5.41) is 3.40. The van der Waals surface area contributed by atoms with Gasteiger partial charge in [0.15, 0.2) is 0 Å². The minimum Gasteiger partial charge on any atom is -0.335 e. The minimum atomic E-state index is -0.297. The van der Waals surface area contributed by atoms with Gasteiger partial charge < -0.3 is 10.2 Å². The van der Waals surface area contributed by atoms with Gasteiger partial charge in [-0.2, -0.15) is 0 Å². The fourth-order valence-corrected chi connectivity index (χ4v) is 3.66. The van der Waals surface area contributed by atoms with Gasteiger partial charge in [0.2, 0.25) is 0 Å². The second-order valence-corrected chi connectivity index (χ2v) is 6.60. The van der Waals surface area contributed by atoms with Gasteiger partial charge in [0.25, 0.3) is 5.91 Å². The van der Waals surface area contributed by atoms with Crippen molar-refractivity contribution in [2.45, 2.75) is 12.5 Å². The van der Waals surface area contributed by atoms with Crippen LogP contribution in [0.2, 0.25) is 0 Å². The first-order valence-corrected chi connectivity index (χ1v) is 8.75. The minimum absolute atomic E-state index is 0.0222. The molecule has 2 aliphatic heterocycles. The van der Waals surface area contributed by atoms with Gasteiger partial charge in [0, 0.05) is 44.5 Å². The topological polar surface area (TPSA) is 53.4 Å². The normalized spacial score (nSPS) is 21.6. The average Bonchev–Trinajstić information content (AvgIpc) is 3.34. The van der Waals surface area contributed by atoms with Gasteiger partial charge in [0.1, 0.15) is 11.5 Å². The summed E-state index contributed by atoms with van der Waals surface area (Å²) < 4.78 is 14.9. The largest absolute Gasteiger partial charge is 0.335 e. The highest BCUT2D eigenvalue weighted by Gasteiger charge is 2.29. The van der Waals surface area contributed by atoms with Crippen molar-refractivity contribution >= 4 is 5.91 Å². The summed E-state index contributed by atoms with van der Waals surface area (Å²) in [7, 11) is 0. The van der Waals surface area contributed by atoms with Crippen molar-refractivity contribution in [3.05, 3.63) is 48.3 Å². The maximum Gasteiger partial charge on any atom is 0.272 e. The molecule has 2 aromatic rings. The van der Waals surface area contributed by atoms with E-state index in [1.54, 1.807) is 29.2 Å². The van der Waals surface area contributed by atoms with Crippen molar-refractivity contribution in [1.82, 2.24) is 24.7 Å². The number of carbonyl (C=O) groups excluding carboxylic acids is 1. The predicted octanol–water partition coefficient (Wildman–Crippen LogP) is 1.13. The SMILES string of the molecule is O=C(c1cncn1-c1ccc(F)cc1)N1CCN(C2CCNC2)CC1. The summed E-state index contributed by atoms with van der Waals surface area (Å²) in [5.41, 5.74) is 1.25. The zero-order chi connectivity index (χ0) is 17.2. The highest BCUT2D eigenvalue weighted by molar-refractivity contribution is 5.93. The molecule has 132 valence electrons. The van der Waals surface area contributed by atoms with Gasteiger partial charge in [-0.25, -0.2) is 9.37 Å². The van der Waals surface area contributed by atoms with Crippen molar-refractivity contribution in [3.63, 3.8) is 0 Å². The van der Waals surface area contributed by atoms with Gasteiger partial charge in [-0.05, 0) is 37.2 Å². The number of aromatic nitrogens is 2. The molecule has 0 saturated carbocycles. The molecule has 7 heteroatoms. The summed E-state index contributed by atoms with van der Waals surface area (Å²) in [6.45, 7) is 5.39. The molecule has 3 heterocycles. The van der Waals surface area contributed by atoms with Crippen LogP contribution in [0.3, 0.4) is 0 Å². The molecular formula is C18H22FN5O. The second kappa shape index (κ2) is 6.93. The number of hydrogen-bond donors (Lipinski definition) is 1. The zero-order valence-electron chi connectivity index (χ0n) is 14.1. The van der Waals surface area contributed by atoms with E-state index < -0.39 is 0 Å². The Hall–Kier alpha value is -2.25. The van der Waals surface area contributed by atoms with Crippen LogP contribution in [-0.2, 0) is 0 Å². The summed E-state index contributed by atoms with van der Waals surface area (Å²) in [6, 6.07) is 6.68. The lowest BCUT2D eigenvalue weighted by molar-refractivity contribution is 0.0576. The highest BCUT2D eigenvalue weighted by atomic mass is 19.1. The van der Waals surface area contributed by atoms with Crippen LogP contribution in [0.4, 0.5) is 4.39 Å². The number of piperazine rings is 1. The molecule has 0 aliphatic carbocycles. The maximum atomic E-state index is 13.1. The fourth-order valence-electron chi connectivity index (χ4n) is 3.66. The lowest BCUT2D eigenvalue weighted by atomic mass is 10.2. The van der Waals surface area contributed by atoms with Crippen molar-refractivity contribution in [2.24, 2.45) is 0 Å². The van der Waals surface area contributed by atoms with Gasteiger partial charge in [-0.15, -0.1) is 0 Å². The van der Waals surface area contributed by atoms with Crippen molar-refractivity contribution in [3.8, 4) is 5.69 Å². The van der Waals surface area contributed by atoms with E-state index in [9.17, 15) is 9.18 Å². The number of benzene rings is 1. The molecule has 4 rings (SSSR count). The number of carbonyl (C=O) groups is 1. The molecular weight excluding hydrogens is 321 g/mol. The molecule has 2 fully saturated rings. The van der Waals surface area contributed by atoms with E-state index in [1.807, 2.05) is 4.90 Å². The first-order chi connectivity index (χ1) is 12.2. The van der Waals surface area contributed by atoms with E-state index in [4.69, 9.17) is 0 Å². The van der Waals surface area contributed by atoms with Crippen molar-refractivity contribution in [1.29, 1.82) is 0 Å². The summed E-state index contributed by atoms with van der Waals surface area (Å²) in [4.78, 5) is 21.4. The van der Waals surface area contributed by atoms with Crippen molar-refractivity contribution < 1.29 is 9.18 Å². The molecule has 0 spiro atoms. The standard InChI is InChI=1S/C18H22FN5O/c19-14-1-3-15(4-2-14)24-13-21-12-17(24)18(25)23-9-7-22(8-10-23)16-5-6-20-11-16/h1-4,12-13,16,20H,5-11H2. The Morgan fingerprint density at radius 1 is 1.16 bits per heavy atom. The molecule has 2 saturated heterocycles. The molecule has 0 bridgehead atoms. The number of amides is 1. The molecule has 1 aromatic carbocycles. The fraction of sp³-hybridized carbons (Fsp3) is 0.444. The highest BCUT2D eigenvalue weighted by Crippen LogP contribution is 2.17. The van der Waals surface area contributed by atoms with E-state index in [1.165, 1.54) is 18.6 Å². The van der Waals surface area contributed by atoms with Crippen LogP contribution in [0.5, 0.6) is 0 Å². The monoisotopic (exact) mass is 343 g/mol. The zero-order valence-corrected chi connectivity index (χ0v) is 14.1. The smallest absolute Gasteiger partial charge is 0.272 e. The van der Waals surface area contributed by atoms with Gasteiger partial charge in [-0.1, -0.05) is 0 Å². The molecule has 1 amide bonds. The second-order valence-electron chi connectivity index (χ2n) is 6.60. The Kier molecular flexibility index (Phi) is 4.50. The molecule has 1 atom stereocenters. The lowest BCUT2D eigenvalue weighted by Gasteiger charge is -2.37. The van der Waals surface area contributed by atoms with Crippen LogP contribution in [0.1, 0.15) is 16.9 Å². The molecule has 1 aromatic heterocycles. The van der Waals surface area contributed by atoms with Crippen molar-refractivity contribution in [2.75, 3.05) is 39.3 Å². The van der Waals surface area contributed by atoms with E-state index in [2.05, 4.69) is 15.2 Å². The Morgan fingerprint density at radius 3 is 2.60 bits per heavy atom. The Balaban J connectivity index is 1.45. The number of halogens is 1. The summed E-state index contributed by atoms with van der Waals surface area (Å²) >= 11 is 0. The third-order valence-corrected chi connectivity index (χ3v) is 5.11. The van der Waals surface area contributed by atoms with Crippen LogP contribution >= 0.6 is 0 Å². The van der Waals surface area contributed by atoms with Gasteiger partial charge >= 0.3 is 0 Å². The van der Waals surface area contributed by atoms with Crippen LogP contribution in [0.25, 0.3) is 5.69 Å². The number of rotatable bonds is 3. The van der Waals surface area contributed by atoms with E-state index in [0.29, 0.717) is 11.7 Å². The van der Waals surface area contributed by atoms with E-state index in [0.717, 1.165) is 45.0 Å². The summed E-state index contributed by atoms with van der Waals surface area (Å²) in [5.74, 6) is -0.319. The average molecular weight is 343 g/mol. The van der Waals surface area contributed by atoms with Crippen LogP contribution < -0.4 is 5.32 Å². The molecule has 6 nitrogen and oxygen atoms in total. The van der Waals surface area contributed by atoms with Crippen LogP contribution in [-0.4, -0.2) is 70.6 Å². The van der Waals surface area contributed by atoms with Crippen LogP contribution in [0.15, 0.2) is 36.8 Å². The van der Waals surface area contributed by atoms with E-state index in [-0.39, 0.29) is 11.7 Å². The van der Waals surface area contributed by atoms with Crippen LogP contribution in [0, 0.1) is 5.82 Å². The molecule has 2 aliphatic rings. The number of imidazole rings is 1. The number of nitrogens with one attached hydrogen (secondary N) is 1. The Morgan fingerprint density at radius 2 is 1.92 bits per heavy atom. The Labute approximate surface area is 146 Å². The summed E-state index contributed by atoms with van der Waals surface area (Å²) in [6.07, 6.45) is 4.37. The third-order valence-electron chi connectivity index (χ3n) is 5.11. The maximum absolute atomic E-state index is 13.1. The molecule has 0 radical (unpaired) electrons.